The van der Waals surface area contributed by atoms with Crippen LogP contribution in [-0.2, 0) is 5.92 Å². The number of aliphatic hydroxyl groups is 1. The number of hydrogen-bond donors (Lipinski definition) is 3. The van der Waals surface area contributed by atoms with Crippen LogP contribution < -0.4 is 10.9 Å². The lowest BCUT2D eigenvalue weighted by molar-refractivity contribution is 0.0174. The number of alkyl halides is 2. The molecule has 6 heteroatoms. The molecule has 4 rings (SSSR count). The molecular weight excluding hydrogens is 362 g/mol. The van der Waals surface area contributed by atoms with Crippen molar-refractivity contribution in [1.29, 1.82) is 0 Å². The molecule has 150 valence electrons. The molecule has 0 bridgehead atoms. The minimum Gasteiger partial charge on any atom is -0.379 e. The monoisotopic (exact) mass is 388 g/mol. The van der Waals surface area contributed by atoms with Gasteiger partial charge in [0, 0.05) is 35.7 Å². The van der Waals surface area contributed by atoms with Crippen LogP contribution in [0.15, 0.2) is 41.2 Å². The van der Waals surface area contributed by atoms with Gasteiger partial charge < -0.3 is 10.1 Å². The Balaban J connectivity index is 1.65. The van der Waals surface area contributed by atoms with E-state index in [1.165, 1.54) is 12.1 Å². The summed E-state index contributed by atoms with van der Waals surface area (Å²) in [6.07, 6.45) is 3.81. The molecule has 28 heavy (non-hydrogen) atoms. The molecule has 1 aromatic heterocycles. The zero-order valence-electron chi connectivity index (χ0n) is 15.9. The van der Waals surface area contributed by atoms with Crippen LogP contribution in [0.4, 0.5) is 8.78 Å². The number of H-pyrrole nitrogens is 1. The first-order valence-corrected chi connectivity index (χ1v) is 9.97. The highest BCUT2D eigenvalue weighted by Crippen LogP contribution is 2.39. The topological polar surface area (TPSA) is 65.1 Å². The molecule has 0 amide bonds. The van der Waals surface area contributed by atoms with Gasteiger partial charge in [0.15, 0.2) is 0 Å². The van der Waals surface area contributed by atoms with Gasteiger partial charge in [-0.2, -0.15) is 0 Å². The van der Waals surface area contributed by atoms with Gasteiger partial charge >= 0.3 is 0 Å². The van der Waals surface area contributed by atoms with Crippen LogP contribution in [0.5, 0.6) is 0 Å². The number of rotatable bonds is 6. The van der Waals surface area contributed by atoms with Crippen molar-refractivity contribution in [3.05, 3.63) is 69.1 Å². The molecule has 0 spiro atoms. The van der Waals surface area contributed by atoms with E-state index in [9.17, 15) is 18.7 Å². The summed E-state index contributed by atoms with van der Waals surface area (Å²) in [7, 11) is 0. The van der Waals surface area contributed by atoms with E-state index in [4.69, 9.17) is 0 Å². The average molecular weight is 388 g/mol. The van der Waals surface area contributed by atoms with Crippen molar-refractivity contribution in [2.75, 3.05) is 0 Å². The molecule has 0 radical (unpaired) electrons. The Morgan fingerprint density at radius 2 is 1.82 bits per heavy atom. The first-order valence-electron chi connectivity index (χ1n) is 9.97. The van der Waals surface area contributed by atoms with Crippen LogP contribution in [0.3, 0.4) is 0 Å². The molecule has 2 aliphatic rings. The minimum atomic E-state index is -2.88. The first kappa shape index (κ1) is 19.3. The molecule has 1 aliphatic heterocycles. The van der Waals surface area contributed by atoms with Crippen LogP contribution >= 0.6 is 0 Å². The number of nitrogens with one attached hydrogen (secondary N) is 2. The van der Waals surface area contributed by atoms with Crippen molar-refractivity contribution in [3.63, 3.8) is 0 Å². The van der Waals surface area contributed by atoms with Crippen molar-refractivity contribution in [2.45, 2.75) is 69.1 Å². The number of halogens is 2. The van der Waals surface area contributed by atoms with Gasteiger partial charge in [0.05, 0.1) is 0 Å². The Morgan fingerprint density at radius 3 is 2.36 bits per heavy atom. The summed E-state index contributed by atoms with van der Waals surface area (Å²) in [6.45, 7) is 0.886. The SMILES string of the molecule is CC(F)(F)c1ccc([C@@H](C[C@H]2CCC(O)N2)c2ccc(C3CC3)c(=O)[nH]2)cc1. The van der Waals surface area contributed by atoms with E-state index in [0.29, 0.717) is 18.8 Å². The lowest BCUT2D eigenvalue weighted by atomic mass is 9.87. The molecule has 2 fully saturated rings. The smallest absolute Gasteiger partial charge is 0.270 e. The maximum Gasteiger partial charge on any atom is 0.270 e. The molecule has 2 aromatic rings. The predicted molar refractivity (Wildman–Crippen MR) is 104 cm³/mol. The second-order valence-corrected chi connectivity index (χ2v) is 8.23. The van der Waals surface area contributed by atoms with Gasteiger partial charge in [0.2, 0.25) is 0 Å². The summed E-state index contributed by atoms with van der Waals surface area (Å²) >= 11 is 0. The highest BCUT2D eigenvalue weighted by atomic mass is 19.3. The average Bonchev–Trinajstić information content (AvgIpc) is 3.40. The van der Waals surface area contributed by atoms with Gasteiger partial charge in [0.25, 0.3) is 11.5 Å². The van der Waals surface area contributed by atoms with Crippen LogP contribution in [0.1, 0.15) is 73.2 Å². The second-order valence-electron chi connectivity index (χ2n) is 8.23. The van der Waals surface area contributed by atoms with Gasteiger partial charge in [-0.15, -0.1) is 0 Å². The summed E-state index contributed by atoms with van der Waals surface area (Å²) in [5.41, 5.74) is 2.42. The van der Waals surface area contributed by atoms with Crippen molar-refractivity contribution in [2.24, 2.45) is 0 Å². The Hall–Kier alpha value is -2.05. The molecular formula is C22H26F2N2O2. The Bertz CT molecular complexity index is 885. The zero-order valence-corrected chi connectivity index (χ0v) is 15.9. The van der Waals surface area contributed by atoms with Gasteiger partial charge in [-0.1, -0.05) is 30.3 Å². The van der Waals surface area contributed by atoms with E-state index in [1.807, 2.05) is 12.1 Å². The van der Waals surface area contributed by atoms with Gasteiger partial charge in [-0.25, -0.2) is 8.78 Å². The number of pyridine rings is 1. The molecule has 1 aliphatic carbocycles. The van der Waals surface area contributed by atoms with E-state index in [2.05, 4.69) is 10.3 Å². The van der Waals surface area contributed by atoms with Gasteiger partial charge in [-0.05, 0) is 49.7 Å². The van der Waals surface area contributed by atoms with Crippen LogP contribution in [0.25, 0.3) is 0 Å². The van der Waals surface area contributed by atoms with E-state index < -0.39 is 12.2 Å². The largest absolute Gasteiger partial charge is 0.379 e. The molecule has 1 saturated carbocycles. The Kier molecular flexibility index (Phi) is 5.10. The molecule has 1 unspecified atom stereocenters. The van der Waals surface area contributed by atoms with E-state index in [-0.39, 0.29) is 23.1 Å². The standard InChI is InChI=1S/C22H26F2N2O2/c1-22(23,24)15-6-4-14(5-7-15)18(12-16-8-11-20(27)25-16)19-10-9-17(13-2-3-13)21(28)26-19/h4-7,9-10,13,16,18,20,25,27H,2-3,8,11-12H2,1H3,(H,26,28)/t16-,18-,20?/m1/s1. The van der Waals surface area contributed by atoms with Gasteiger partial charge in [0.1, 0.15) is 6.23 Å². The highest BCUT2D eigenvalue weighted by Gasteiger charge is 2.30. The third kappa shape index (κ3) is 4.18. The number of hydrogen-bond acceptors (Lipinski definition) is 3. The Labute approximate surface area is 163 Å². The van der Waals surface area contributed by atoms with Crippen LogP contribution in [-0.4, -0.2) is 22.4 Å². The normalized spacial score (nSPS) is 23.7. The minimum absolute atomic E-state index is 0.0259. The van der Waals surface area contributed by atoms with E-state index in [1.54, 1.807) is 12.1 Å². The van der Waals surface area contributed by atoms with Crippen molar-refractivity contribution in [1.82, 2.24) is 10.3 Å². The summed E-state index contributed by atoms with van der Waals surface area (Å²) in [6, 6.07) is 10.3. The fourth-order valence-corrected chi connectivity index (χ4v) is 4.14. The maximum atomic E-state index is 13.6. The summed E-state index contributed by atoms with van der Waals surface area (Å²) in [4.78, 5) is 15.6. The number of benzene rings is 1. The van der Waals surface area contributed by atoms with Crippen LogP contribution in [0, 0.1) is 0 Å². The first-order chi connectivity index (χ1) is 13.3. The molecule has 2 heterocycles. The molecule has 4 nitrogen and oxygen atoms in total. The number of aliphatic hydroxyl groups excluding tert-OH is 1. The van der Waals surface area contributed by atoms with Crippen molar-refractivity contribution < 1.29 is 13.9 Å². The van der Waals surface area contributed by atoms with E-state index >= 15 is 0 Å². The summed E-state index contributed by atoms with van der Waals surface area (Å²) in [5, 5.41) is 12.9. The van der Waals surface area contributed by atoms with E-state index in [0.717, 1.165) is 43.0 Å². The predicted octanol–water partition coefficient (Wildman–Crippen LogP) is 3.96. The van der Waals surface area contributed by atoms with Crippen molar-refractivity contribution >= 4 is 0 Å². The molecule has 3 N–H and O–H groups in total. The lowest BCUT2D eigenvalue weighted by Crippen LogP contribution is -2.31. The summed E-state index contributed by atoms with van der Waals surface area (Å²) < 4.78 is 27.1. The quantitative estimate of drug-likeness (QED) is 0.702. The number of aromatic nitrogens is 1. The fourth-order valence-electron chi connectivity index (χ4n) is 4.14. The highest BCUT2D eigenvalue weighted by molar-refractivity contribution is 5.34. The van der Waals surface area contributed by atoms with Crippen molar-refractivity contribution in [3.8, 4) is 0 Å². The number of aromatic amines is 1. The zero-order chi connectivity index (χ0) is 19.9. The Morgan fingerprint density at radius 1 is 1.11 bits per heavy atom. The molecule has 3 atom stereocenters. The summed E-state index contributed by atoms with van der Waals surface area (Å²) in [5.74, 6) is -2.65. The molecule has 1 saturated heterocycles. The molecule has 1 aromatic carbocycles. The maximum absolute atomic E-state index is 13.6. The third-order valence-electron chi connectivity index (χ3n) is 5.91. The lowest BCUT2D eigenvalue weighted by Gasteiger charge is -2.23. The van der Waals surface area contributed by atoms with Crippen LogP contribution in [0.2, 0.25) is 0 Å². The second kappa shape index (κ2) is 7.41. The third-order valence-corrected chi connectivity index (χ3v) is 5.91. The fraction of sp³-hybridized carbons (Fsp3) is 0.500. The van der Waals surface area contributed by atoms with Gasteiger partial charge in [-0.3, -0.25) is 10.1 Å².